The molecule has 0 amide bonds. The fourth-order valence-electron chi connectivity index (χ4n) is 3.03. The van der Waals surface area contributed by atoms with Crippen LogP contribution in [0.15, 0.2) is 54.8 Å². The molecule has 0 spiro atoms. The summed E-state index contributed by atoms with van der Waals surface area (Å²) < 4.78 is 6.02. The van der Waals surface area contributed by atoms with Gasteiger partial charge in [-0.3, -0.25) is 0 Å². The van der Waals surface area contributed by atoms with Crippen LogP contribution in [-0.2, 0) is 4.74 Å². The van der Waals surface area contributed by atoms with Gasteiger partial charge in [-0.1, -0.05) is 68.7 Å². The van der Waals surface area contributed by atoms with Gasteiger partial charge in [0.25, 0.3) is 0 Å². The molecule has 1 aromatic rings. The Morgan fingerprint density at radius 1 is 1.10 bits per heavy atom. The van der Waals surface area contributed by atoms with Gasteiger partial charge in [0.2, 0.25) is 0 Å². The minimum atomic E-state index is 0.335. The van der Waals surface area contributed by atoms with Gasteiger partial charge in [-0.2, -0.15) is 0 Å². The number of allylic oxidation sites excluding steroid dienone is 3. The molecule has 0 heterocycles. The maximum atomic E-state index is 6.02. The fraction of sp³-hybridized carbons (Fsp3) is 0.500. The Hall–Kier alpha value is -1.50. The molecule has 21 heavy (non-hydrogen) atoms. The Bertz CT molecular complexity index is 432. The highest BCUT2D eigenvalue weighted by molar-refractivity contribution is 5.21. The quantitative estimate of drug-likeness (QED) is 0.339. The van der Waals surface area contributed by atoms with E-state index in [-0.39, 0.29) is 0 Å². The molecule has 0 radical (unpaired) electrons. The first-order chi connectivity index (χ1) is 10.4. The second kappa shape index (κ2) is 9.44. The lowest BCUT2D eigenvalue weighted by atomic mass is 9.81. The van der Waals surface area contributed by atoms with E-state index in [1.165, 1.54) is 44.1 Å². The van der Waals surface area contributed by atoms with Crippen molar-refractivity contribution >= 4 is 0 Å². The van der Waals surface area contributed by atoms with E-state index in [4.69, 9.17) is 4.74 Å². The van der Waals surface area contributed by atoms with E-state index in [9.17, 15) is 0 Å². The van der Waals surface area contributed by atoms with Crippen LogP contribution in [0.5, 0.6) is 0 Å². The van der Waals surface area contributed by atoms with Crippen LogP contribution in [0.2, 0.25) is 0 Å². The second-order valence-corrected chi connectivity index (χ2v) is 5.88. The first-order valence-electron chi connectivity index (χ1n) is 8.44. The third-order valence-electron chi connectivity index (χ3n) is 4.23. The van der Waals surface area contributed by atoms with Crippen molar-refractivity contribution in [2.24, 2.45) is 0 Å². The monoisotopic (exact) mass is 284 g/mol. The topological polar surface area (TPSA) is 9.23 Å². The first kappa shape index (κ1) is 15.9. The van der Waals surface area contributed by atoms with Crippen molar-refractivity contribution < 1.29 is 4.74 Å². The van der Waals surface area contributed by atoms with Crippen molar-refractivity contribution in [3.8, 4) is 0 Å². The molecule has 1 aliphatic rings. The average Bonchev–Trinajstić information content (AvgIpc) is 2.55. The summed E-state index contributed by atoms with van der Waals surface area (Å²) in [6, 6.07) is 10.8. The number of hydrogen-bond acceptors (Lipinski definition) is 1. The van der Waals surface area contributed by atoms with Crippen molar-refractivity contribution in [3.05, 3.63) is 60.4 Å². The fourth-order valence-corrected chi connectivity index (χ4v) is 3.03. The Morgan fingerprint density at radius 2 is 1.90 bits per heavy atom. The first-order valence-corrected chi connectivity index (χ1v) is 8.44. The van der Waals surface area contributed by atoms with E-state index >= 15 is 0 Å². The van der Waals surface area contributed by atoms with Crippen molar-refractivity contribution in [2.75, 3.05) is 0 Å². The van der Waals surface area contributed by atoms with Crippen LogP contribution < -0.4 is 0 Å². The molecule has 0 unspecified atom stereocenters. The van der Waals surface area contributed by atoms with Crippen LogP contribution in [0.1, 0.15) is 63.4 Å². The summed E-state index contributed by atoms with van der Waals surface area (Å²) in [5.41, 5.74) is 1.43. The second-order valence-electron chi connectivity index (χ2n) is 5.88. The number of ether oxygens (including phenoxy) is 1. The molecule has 0 aliphatic heterocycles. The zero-order valence-corrected chi connectivity index (χ0v) is 13.2. The summed E-state index contributed by atoms with van der Waals surface area (Å²) in [5, 5.41) is 0. The molecule has 2 rings (SSSR count). The van der Waals surface area contributed by atoms with Crippen LogP contribution in [0.4, 0.5) is 0 Å². The molecule has 0 saturated heterocycles. The minimum Gasteiger partial charge on any atom is -0.497 e. The highest BCUT2D eigenvalue weighted by Gasteiger charge is 2.26. The standard InChI is InChI=1S/C20H28O/c1-2-3-4-5-6-12-17-21-20-16-11-10-15-19(20)18-13-8-7-9-14-18/h5-9,12-14,17,19-20H,2-4,10-11,15-16H2,1H3/b6-5+,17-12-/t19-,20+/m0/s1. The van der Waals surface area contributed by atoms with Gasteiger partial charge < -0.3 is 4.74 Å². The maximum Gasteiger partial charge on any atom is 0.105 e. The van der Waals surface area contributed by atoms with Gasteiger partial charge in [0.1, 0.15) is 6.10 Å². The molecule has 0 bridgehead atoms. The molecule has 1 nitrogen and oxygen atoms in total. The van der Waals surface area contributed by atoms with Crippen molar-refractivity contribution in [1.29, 1.82) is 0 Å². The van der Waals surface area contributed by atoms with Crippen molar-refractivity contribution in [3.63, 3.8) is 0 Å². The van der Waals surface area contributed by atoms with Crippen LogP contribution in [0.25, 0.3) is 0 Å². The molecule has 114 valence electrons. The normalized spacial score (nSPS) is 22.9. The molecule has 1 fully saturated rings. The van der Waals surface area contributed by atoms with E-state index in [1.54, 1.807) is 0 Å². The van der Waals surface area contributed by atoms with Crippen LogP contribution in [0.3, 0.4) is 0 Å². The number of benzene rings is 1. The van der Waals surface area contributed by atoms with Crippen molar-refractivity contribution in [2.45, 2.75) is 63.9 Å². The Balaban J connectivity index is 1.85. The van der Waals surface area contributed by atoms with E-state index in [1.807, 2.05) is 12.3 Å². The summed E-state index contributed by atoms with van der Waals surface area (Å²) in [4.78, 5) is 0. The van der Waals surface area contributed by atoms with Gasteiger partial charge in [0.05, 0.1) is 6.26 Å². The minimum absolute atomic E-state index is 0.335. The van der Waals surface area contributed by atoms with Gasteiger partial charge in [0.15, 0.2) is 0 Å². The van der Waals surface area contributed by atoms with Crippen LogP contribution in [-0.4, -0.2) is 6.10 Å². The van der Waals surface area contributed by atoms with E-state index in [0.29, 0.717) is 12.0 Å². The highest BCUT2D eigenvalue weighted by Crippen LogP contribution is 2.34. The lowest BCUT2D eigenvalue weighted by Gasteiger charge is -2.31. The van der Waals surface area contributed by atoms with Crippen molar-refractivity contribution in [1.82, 2.24) is 0 Å². The molecule has 2 atom stereocenters. The summed E-state index contributed by atoms with van der Waals surface area (Å²) in [6.07, 6.45) is 17.3. The molecule has 1 aliphatic carbocycles. The molecule has 1 aromatic carbocycles. The molecular formula is C20H28O. The third-order valence-corrected chi connectivity index (χ3v) is 4.23. The molecule has 0 N–H and O–H groups in total. The van der Waals surface area contributed by atoms with Gasteiger partial charge in [0, 0.05) is 5.92 Å². The Labute approximate surface area is 129 Å². The van der Waals surface area contributed by atoms with Gasteiger partial charge in [-0.15, -0.1) is 0 Å². The van der Waals surface area contributed by atoms with Crippen LogP contribution in [0, 0.1) is 0 Å². The van der Waals surface area contributed by atoms with E-state index < -0.39 is 0 Å². The van der Waals surface area contributed by atoms with Gasteiger partial charge in [-0.05, 0) is 37.3 Å². The molecule has 1 heteroatoms. The zero-order chi connectivity index (χ0) is 14.8. The van der Waals surface area contributed by atoms with E-state index in [0.717, 1.165) is 6.42 Å². The largest absolute Gasteiger partial charge is 0.497 e. The number of unbranched alkanes of at least 4 members (excludes halogenated alkanes) is 2. The Morgan fingerprint density at radius 3 is 2.71 bits per heavy atom. The number of rotatable bonds is 7. The summed E-state index contributed by atoms with van der Waals surface area (Å²) in [7, 11) is 0. The third kappa shape index (κ3) is 5.41. The smallest absolute Gasteiger partial charge is 0.105 e. The zero-order valence-electron chi connectivity index (χ0n) is 13.2. The summed E-state index contributed by atoms with van der Waals surface area (Å²) in [6.45, 7) is 2.22. The SMILES string of the molecule is CCCC/C=C/C=C\O[C@@H]1CCCC[C@H]1c1ccccc1. The number of hydrogen-bond donors (Lipinski definition) is 0. The lowest BCUT2D eigenvalue weighted by molar-refractivity contribution is 0.0848. The highest BCUT2D eigenvalue weighted by atomic mass is 16.5. The molecule has 1 saturated carbocycles. The predicted octanol–water partition coefficient (Wildman–Crippen LogP) is 5.99. The predicted molar refractivity (Wildman–Crippen MR) is 90.3 cm³/mol. The average molecular weight is 284 g/mol. The molecular weight excluding hydrogens is 256 g/mol. The summed E-state index contributed by atoms with van der Waals surface area (Å²) in [5.74, 6) is 0.550. The van der Waals surface area contributed by atoms with Gasteiger partial charge in [-0.25, -0.2) is 0 Å². The maximum absolute atomic E-state index is 6.02. The lowest BCUT2D eigenvalue weighted by Crippen LogP contribution is -2.24. The molecule has 0 aromatic heterocycles. The van der Waals surface area contributed by atoms with Gasteiger partial charge >= 0.3 is 0 Å². The van der Waals surface area contributed by atoms with Crippen LogP contribution >= 0.6 is 0 Å². The van der Waals surface area contributed by atoms with E-state index in [2.05, 4.69) is 49.4 Å². The Kier molecular flexibility index (Phi) is 7.14. The summed E-state index contributed by atoms with van der Waals surface area (Å²) >= 11 is 0.